The van der Waals surface area contributed by atoms with Crippen LogP contribution in [0.25, 0.3) is 49.6 Å². The van der Waals surface area contributed by atoms with Crippen LogP contribution in [-0.4, -0.2) is 36.0 Å². The van der Waals surface area contributed by atoms with Gasteiger partial charge in [0.15, 0.2) is 17.3 Å². The fourth-order valence-corrected chi connectivity index (χ4v) is 5.80. The van der Waals surface area contributed by atoms with Crippen molar-refractivity contribution in [2.45, 2.75) is 27.2 Å². The molecule has 1 amide bonds. The summed E-state index contributed by atoms with van der Waals surface area (Å²) < 4.78 is 16.3. The number of halogens is 1. The topological polar surface area (TPSA) is 112 Å². The van der Waals surface area contributed by atoms with Gasteiger partial charge in [-0.05, 0) is 56.7 Å². The number of nitrogens with zero attached hydrogens (tertiary/aromatic N) is 4. The van der Waals surface area contributed by atoms with E-state index in [4.69, 9.17) is 0 Å². The molecule has 3 N–H and O–H groups in total. The van der Waals surface area contributed by atoms with Crippen LogP contribution in [0.3, 0.4) is 0 Å². The highest BCUT2D eigenvalue weighted by Crippen LogP contribution is 2.35. The van der Waals surface area contributed by atoms with Crippen LogP contribution in [0.4, 0.5) is 4.39 Å². The van der Waals surface area contributed by atoms with Crippen LogP contribution in [-0.2, 0) is 11.2 Å². The molecule has 214 valence electrons. The van der Waals surface area contributed by atoms with Gasteiger partial charge in [-0.1, -0.05) is 42.5 Å². The van der Waals surface area contributed by atoms with Crippen LogP contribution in [0.15, 0.2) is 90.9 Å². The second-order valence-electron chi connectivity index (χ2n) is 9.89. The number of hydrogen-bond donors (Lipinski definition) is 3. The minimum atomic E-state index is -0.552. The molecular weight excluding hydrogens is 561 g/mol. The maximum absolute atomic E-state index is 16.3. The highest BCUT2D eigenvalue weighted by Gasteiger charge is 2.22. The molecule has 10 heteroatoms. The molecule has 0 saturated heterocycles. The Balaban J connectivity index is 1.37. The van der Waals surface area contributed by atoms with Gasteiger partial charge in [-0.25, -0.2) is 14.4 Å². The van der Waals surface area contributed by atoms with E-state index in [2.05, 4.69) is 54.5 Å². The normalized spacial score (nSPS) is 12.6. The number of aromatic amines is 2. The zero-order chi connectivity index (χ0) is 29.9. The number of imidazole rings is 1. The van der Waals surface area contributed by atoms with Gasteiger partial charge in [-0.2, -0.15) is 5.10 Å². The van der Waals surface area contributed by atoms with Gasteiger partial charge in [0.05, 0.1) is 29.0 Å². The van der Waals surface area contributed by atoms with Crippen molar-refractivity contribution in [3.05, 3.63) is 113 Å². The monoisotopic (exact) mass is 589 g/mol. The van der Waals surface area contributed by atoms with Crippen molar-refractivity contribution >= 4 is 44.9 Å². The van der Waals surface area contributed by atoms with E-state index in [0.29, 0.717) is 34.0 Å². The predicted octanol–water partition coefficient (Wildman–Crippen LogP) is 7.29. The summed E-state index contributed by atoms with van der Waals surface area (Å²) in [5, 5.41) is 10.5. The number of thiophene rings is 1. The molecule has 0 saturated carbocycles. The largest absolute Gasteiger partial charge is 0.335 e. The molecule has 0 atom stereocenters. The Bertz CT molecular complexity index is 2050. The van der Waals surface area contributed by atoms with Crippen molar-refractivity contribution < 1.29 is 9.18 Å². The van der Waals surface area contributed by atoms with Gasteiger partial charge in [0.2, 0.25) is 5.91 Å². The molecule has 5 heterocycles. The molecule has 0 bridgehead atoms. The van der Waals surface area contributed by atoms with Gasteiger partial charge in [-0.3, -0.25) is 14.9 Å². The third-order valence-corrected chi connectivity index (χ3v) is 7.93. The molecule has 0 aliphatic rings. The predicted molar refractivity (Wildman–Crippen MR) is 170 cm³/mol. The zero-order valence-electron chi connectivity index (χ0n) is 23.8. The first-order chi connectivity index (χ1) is 20.9. The Morgan fingerprint density at radius 1 is 1.09 bits per heavy atom. The number of carbonyl (C=O) groups excluding carboxylic acids is 1. The summed E-state index contributed by atoms with van der Waals surface area (Å²) >= 11 is 1.68. The Kier molecular flexibility index (Phi) is 7.76. The fraction of sp³-hybridized carbons (Fsp3) is 0.121. The van der Waals surface area contributed by atoms with Gasteiger partial charge < -0.3 is 10.3 Å². The smallest absolute Gasteiger partial charge is 0.228 e. The summed E-state index contributed by atoms with van der Waals surface area (Å²) in [4.78, 5) is 31.9. The number of pyridine rings is 2. The number of nitrogens with one attached hydrogen (secondary N) is 3. The van der Waals surface area contributed by atoms with E-state index in [0.717, 1.165) is 21.5 Å². The summed E-state index contributed by atoms with van der Waals surface area (Å²) in [7, 11) is 0. The standard InChI is InChI=1S/C33H28FN7OS/c1-4-9-22(37-26(42)16-20-10-7-6-8-11-20)17-21(5-2)29-28(34)27-24(18-36-29)40-41-31(27)33-38-30-23(14-15-35-32(30)39-33)25-13-12-19(3)43-25/h4-15,17-18H,16H2,1-3H3,(H,37,42)(H,40,41)(H,35,38,39)/b9-4+,21-5+,22-17+. The number of amides is 1. The molecule has 0 radical (unpaired) electrons. The molecular formula is C33H28FN7OS. The molecule has 8 nitrogen and oxygen atoms in total. The first-order valence-corrected chi connectivity index (χ1v) is 14.6. The van der Waals surface area contributed by atoms with Gasteiger partial charge in [0, 0.05) is 32.8 Å². The van der Waals surface area contributed by atoms with Gasteiger partial charge in [-0.15, -0.1) is 11.3 Å². The zero-order valence-corrected chi connectivity index (χ0v) is 24.6. The number of benzene rings is 1. The molecule has 43 heavy (non-hydrogen) atoms. The lowest BCUT2D eigenvalue weighted by molar-refractivity contribution is -0.119. The minimum Gasteiger partial charge on any atom is -0.335 e. The lowest BCUT2D eigenvalue weighted by atomic mass is 10.1. The maximum atomic E-state index is 16.3. The molecule has 0 aliphatic heterocycles. The third kappa shape index (κ3) is 5.64. The molecule has 0 unspecified atom stereocenters. The molecule has 6 rings (SSSR count). The average molecular weight is 590 g/mol. The lowest BCUT2D eigenvalue weighted by Gasteiger charge is -2.10. The Morgan fingerprint density at radius 2 is 1.93 bits per heavy atom. The van der Waals surface area contributed by atoms with Gasteiger partial charge in [0.1, 0.15) is 11.4 Å². The maximum Gasteiger partial charge on any atom is 0.228 e. The Hall–Kier alpha value is -5.22. The quantitative estimate of drug-likeness (QED) is 0.161. The molecule has 0 spiro atoms. The van der Waals surface area contributed by atoms with E-state index in [1.807, 2.05) is 49.4 Å². The summed E-state index contributed by atoms with van der Waals surface area (Å²) in [6.45, 7) is 5.71. The van der Waals surface area contributed by atoms with Crippen LogP contribution in [0.2, 0.25) is 0 Å². The van der Waals surface area contributed by atoms with Crippen molar-refractivity contribution in [1.82, 2.24) is 35.5 Å². The van der Waals surface area contributed by atoms with Crippen molar-refractivity contribution in [3.63, 3.8) is 0 Å². The van der Waals surface area contributed by atoms with Crippen molar-refractivity contribution in [1.29, 1.82) is 0 Å². The van der Waals surface area contributed by atoms with Crippen LogP contribution in [0, 0.1) is 12.7 Å². The Labute approximate surface area is 251 Å². The minimum absolute atomic E-state index is 0.126. The van der Waals surface area contributed by atoms with Gasteiger partial charge in [0.25, 0.3) is 0 Å². The highest BCUT2D eigenvalue weighted by atomic mass is 32.1. The van der Waals surface area contributed by atoms with E-state index in [9.17, 15) is 4.79 Å². The van der Waals surface area contributed by atoms with E-state index < -0.39 is 5.82 Å². The average Bonchev–Trinajstić information content (AvgIpc) is 3.75. The molecule has 6 aromatic rings. The van der Waals surface area contributed by atoms with Crippen molar-refractivity contribution in [2.24, 2.45) is 0 Å². The second-order valence-corrected chi connectivity index (χ2v) is 11.2. The first kappa shape index (κ1) is 27.9. The van der Waals surface area contributed by atoms with E-state index in [1.54, 1.807) is 48.9 Å². The lowest BCUT2D eigenvalue weighted by Crippen LogP contribution is -2.23. The third-order valence-electron chi connectivity index (χ3n) is 6.90. The highest BCUT2D eigenvalue weighted by molar-refractivity contribution is 7.15. The fourth-order valence-electron chi connectivity index (χ4n) is 4.90. The number of allylic oxidation sites excluding steroid dienone is 5. The Morgan fingerprint density at radius 3 is 2.67 bits per heavy atom. The number of hydrogen-bond acceptors (Lipinski definition) is 6. The number of fused-ring (bicyclic) bond motifs is 2. The summed E-state index contributed by atoms with van der Waals surface area (Å²) in [6.07, 6.45) is 10.5. The number of aromatic nitrogens is 6. The number of carbonyl (C=O) groups is 1. The summed E-state index contributed by atoms with van der Waals surface area (Å²) in [5.41, 5.74) is 5.04. The van der Waals surface area contributed by atoms with Crippen molar-refractivity contribution in [2.75, 3.05) is 0 Å². The first-order valence-electron chi connectivity index (χ1n) is 13.7. The van der Waals surface area contributed by atoms with Crippen LogP contribution < -0.4 is 5.32 Å². The number of rotatable bonds is 8. The molecule has 0 aliphatic carbocycles. The van der Waals surface area contributed by atoms with Crippen LogP contribution in [0.1, 0.15) is 30.0 Å². The van der Waals surface area contributed by atoms with Gasteiger partial charge >= 0.3 is 0 Å². The van der Waals surface area contributed by atoms with Crippen LogP contribution >= 0.6 is 11.3 Å². The van der Waals surface area contributed by atoms with Crippen LogP contribution in [0.5, 0.6) is 0 Å². The van der Waals surface area contributed by atoms with E-state index in [-0.39, 0.29) is 23.4 Å². The van der Waals surface area contributed by atoms with E-state index in [1.165, 1.54) is 4.88 Å². The molecule has 5 aromatic heterocycles. The van der Waals surface area contributed by atoms with E-state index >= 15 is 4.39 Å². The second kappa shape index (κ2) is 11.9. The number of aryl methyl sites for hydroxylation is 1. The molecule has 0 fully saturated rings. The molecule has 1 aromatic carbocycles. The summed E-state index contributed by atoms with van der Waals surface area (Å²) in [5.74, 6) is -0.336. The van der Waals surface area contributed by atoms with Crippen molar-refractivity contribution in [3.8, 4) is 22.0 Å². The number of H-pyrrole nitrogens is 2. The SMILES string of the molecule is C/C=C/C(=C\C(=C/C)c1ncc2[nH]nc(-c3nc4nccc(-c5ccc(C)s5)c4[nH]3)c2c1F)NC(=O)Cc1ccccc1. The summed E-state index contributed by atoms with van der Waals surface area (Å²) in [6, 6.07) is 15.6.